The van der Waals surface area contributed by atoms with Crippen LogP contribution in [-0.4, -0.2) is 75.6 Å². The zero-order valence-corrected chi connectivity index (χ0v) is 30.6. The molecular formula is C41H43B2N9O2. The van der Waals surface area contributed by atoms with Crippen LogP contribution < -0.4 is 10.5 Å². The van der Waals surface area contributed by atoms with Crippen LogP contribution in [0.3, 0.4) is 0 Å². The fourth-order valence-electron chi connectivity index (χ4n) is 7.97. The average molecular weight is 715 g/mol. The van der Waals surface area contributed by atoms with Crippen LogP contribution >= 0.6 is 0 Å². The molecule has 2 saturated heterocycles. The third kappa shape index (κ3) is 7.00. The highest BCUT2D eigenvalue weighted by Gasteiger charge is 2.37. The minimum atomic E-state index is -0.402. The number of nitrogens with one attached hydrogen (secondary N) is 4. The molecule has 2 aliphatic rings. The summed E-state index contributed by atoms with van der Waals surface area (Å²) in [5.74, 6) is 1.73. The minimum absolute atomic E-state index is 0.0588. The fraction of sp³-hybridized carbons (Fsp3) is 0.244. The van der Waals surface area contributed by atoms with Gasteiger partial charge in [0.15, 0.2) is 16.0 Å². The number of likely N-dealkylation sites (tertiary alicyclic amines) is 2. The maximum absolute atomic E-state index is 13.7. The van der Waals surface area contributed by atoms with E-state index in [2.05, 4.69) is 44.7 Å². The van der Waals surface area contributed by atoms with Crippen LogP contribution in [0.2, 0.25) is 0 Å². The first-order valence-corrected chi connectivity index (χ1v) is 18.7. The van der Waals surface area contributed by atoms with Gasteiger partial charge in [0.1, 0.15) is 23.7 Å². The van der Waals surface area contributed by atoms with E-state index in [1.807, 2.05) is 117 Å². The number of hydrogen-bond acceptors (Lipinski definition) is 7. The number of nitrogens with zero attached hydrogens (tertiary/aromatic N) is 5. The van der Waals surface area contributed by atoms with Gasteiger partial charge in [-0.05, 0) is 54.5 Å². The van der Waals surface area contributed by atoms with Gasteiger partial charge in [0.05, 0.1) is 41.6 Å². The Labute approximate surface area is 316 Å². The second-order valence-electron chi connectivity index (χ2n) is 14.0. The maximum atomic E-state index is 13.7. The van der Waals surface area contributed by atoms with Gasteiger partial charge in [-0.3, -0.25) is 14.6 Å². The third-order valence-corrected chi connectivity index (χ3v) is 10.8. The zero-order valence-electron chi connectivity index (χ0n) is 30.6. The number of aromatic nitrogens is 5. The van der Waals surface area contributed by atoms with Gasteiger partial charge in [-0.25, -0.2) is 9.97 Å². The molecule has 0 saturated carbocycles. The van der Waals surface area contributed by atoms with Crippen LogP contribution in [0.4, 0.5) is 0 Å². The lowest BCUT2D eigenvalue weighted by molar-refractivity contribution is -0.135. The van der Waals surface area contributed by atoms with E-state index >= 15 is 0 Å². The lowest BCUT2D eigenvalue weighted by Gasteiger charge is -2.28. The number of pyridine rings is 1. The number of carbonyl (C=O) groups is 2. The first kappa shape index (κ1) is 35.3. The Kier molecular flexibility index (Phi) is 10.2. The van der Waals surface area contributed by atoms with Crippen molar-refractivity contribution in [1.82, 2.24) is 45.2 Å². The maximum Gasteiger partial charge on any atom is 0.243 e. The van der Waals surface area contributed by atoms with Crippen molar-refractivity contribution in [2.45, 2.75) is 49.9 Å². The quantitative estimate of drug-likeness (QED) is 0.144. The summed E-state index contributed by atoms with van der Waals surface area (Å²) in [4.78, 5) is 52.5. The number of H-pyrrole nitrogens is 2. The van der Waals surface area contributed by atoms with Crippen LogP contribution in [0.15, 0.2) is 116 Å². The molecule has 0 radical (unpaired) electrons. The van der Waals surface area contributed by atoms with E-state index in [0.29, 0.717) is 13.1 Å². The van der Waals surface area contributed by atoms with E-state index in [1.54, 1.807) is 0 Å². The topological polar surface area (TPSA) is 135 Å². The molecule has 13 heteroatoms. The van der Waals surface area contributed by atoms with E-state index in [0.717, 1.165) is 82.2 Å². The molecule has 6 aromatic rings. The number of benzene rings is 3. The highest BCUT2D eigenvalue weighted by molar-refractivity contribution is 6.07. The van der Waals surface area contributed by atoms with Crippen molar-refractivity contribution < 1.29 is 9.59 Å². The Morgan fingerprint density at radius 1 is 0.593 bits per heavy atom. The molecule has 2 aliphatic heterocycles. The molecule has 0 aliphatic carbocycles. The fourth-order valence-corrected chi connectivity index (χ4v) is 7.97. The first-order chi connectivity index (χ1) is 26.5. The Hall–Kier alpha value is -5.78. The summed E-state index contributed by atoms with van der Waals surface area (Å²) in [6.45, 7) is 1.41. The van der Waals surface area contributed by atoms with Crippen molar-refractivity contribution in [1.29, 1.82) is 0 Å². The highest BCUT2D eigenvalue weighted by atomic mass is 16.2. The molecule has 4 atom stereocenters. The number of hydrogen-bond donors (Lipinski definition) is 4. The van der Waals surface area contributed by atoms with Crippen LogP contribution in [0.5, 0.6) is 0 Å². The van der Waals surface area contributed by atoms with Gasteiger partial charge >= 0.3 is 0 Å². The molecule has 270 valence electrons. The molecule has 3 aromatic heterocycles. The molecule has 3 aromatic carbocycles. The molecule has 2 fully saturated rings. The van der Waals surface area contributed by atoms with E-state index in [4.69, 9.17) is 15.0 Å². The monoisotopic (exact) mass is 715 g/mol. The normalized spacial score (nSPS) is 18.1. The largest absolute Gasteiger partial charge is 0.348 e. The lowest BCUT2D eigenvalue weighted by atomic mass is 10.0. The summed E-state index contributed by atoms with van der Waals surface area (Å²) in [6, 6.07) is 31.0. The zero-order chi connectivity index (χ0) is 37.0. The van der Waals surface area contributed by atoms with E-state index in [9.17, 15) is 9.59 Å². The van der Waals surface area contributed by atoms with Gasteiger partial charge in [-0.15, -0.1) is 0 Å². The van der Waals surface area contributed by atoms with Crippen LogP contribution in [0.25, 0.3) is 33.8 Å². The smallest absolute Gasteiger partial charge is 0.243 e. The first-order valence-electron chi connectivity index (χ1n) is 18.7. The van der Waals surface area contributed by atoms with Gasteiger partial charge in [0.2, 0.25) is 11.8 Å². The molecule has 0 spiro atoms. The molecule has 0 unspecified atom stereocenters. The van der Waals surface area contributed by atoms with Gasteiger partial charge in [-0.1, -0.05) is 84.9 Å². The molecule has 54 heavy (non-hydrogen) atoms. The lowest BCUT2D eigenvalue weighted by Crippen LogP contribution is -2.40. The molecule has 5 heterocycles. The summed E-state index contributed by atoms with van der Waals surface area (Å²) in [6.07, 6.45) is 9.14. The minimum Gasteiger partial charge on any atom is -0.348 e. The van der Waals surface area contributed by atoms with Crippen molar-refractivity contribution >= 4 is 27.8 Å². The van der Waals surface area contributed by atoms with E-state index in [1.165, 1.54) is 0 Å². The molecule has 4 N–H and O–H groups in total. The van der Waals surface area contributed by atoms with Gasteiger partial charge in [0.25, 0.3) is 0 Å². The predicted octanol–water partition coefficient (Wildman–Crippen LogP) is 4.61. The molecule has 8 rings (SSSR count). The summed E-state index contributed by atoms with van der Waals surface area (Å²) in [7, 11) is 3.66. The summed E-state index contributed by atoms with van der Waals surface area (Å²) < 4.78 is 0. The van der Waals surface area contributed by atoms with Gasteiger partial charge < -0.3 is 30.2 Å². The highest BCUT2D eigenvalue weighted by Crippen LogP contribution is 2.36. The summed E-state index contributed by atoms with van der Waals surface area (Å²) in [5.41, 5.74) is 7.48. The van der Waals surface area contributed by atoms with Crippen LogP contribution in [0.1, 0.15) is 72.6 Å². The Bertz CT molecular complexity index is 2040. The molecule has 0 bridgehead atoms. The Morgan fingerprint density at radius 2 is 1.06 bits per heavy atom. The predicted molar refractivity (Wildman–Crippen MR) is 214 cm³/mol. The summed E-state index contributed by atoms with van der Waals surface area (Å²) >= 11 is 0. The Morgan fingerprint density at radius 3 is 1.52 bits per heavy atom. The molecule has 11 nitrogen and oxygen atoms in total. The average Bonchev–Trinajstić information content (AvgIpc) is 4.07. The second kappa shape index (κ2) is 15.7. The van der Waals surface area contributed by atoms with Crippen molar-refractivity contribution in [2.24, 2.45) is 0 Å². The van der Waals surface area contributed by atoms with Crippen molar-refractivity contribution in [3.8, 4) is 33.8 Å². The van der Waals surface area contributed by atoms with E-state index < -0.39 is 12.1 Å². The summed E-state index contributed by atoms with van der Waals surface area (Å²) in [5, 5.41) is 6.41. The number of aromatic amines is 2. The van der Waals surface area contributed by atoms with Crippen molar-refractivity contribution in [2.75, 3.05) is 13.1 Å². The van der Waals surface area contributed by atoms with Gasteiger partial charge in [-0.2, -0.15) is 0 Å². The number of carbonyl (C=O) groups excluding carboxylic acids is 2. The van der Waals surface area contributed by atoms with E-state index in [-0.39, 0.29) is 23.9 Å². The standard InChI is InChI=1S/C41H43B2N9O2/c42-49-36(28-9-3-1-4-10-28)40(53)51-21-7-13-34(51)38-45-24-32(47-38)27-17-15-26(16-18-27)31-20-19-30(23-44-31)33-25-46-39(48-33)35-14-8-22-52(35)41(54)37(50-43)29-11-5-2-6-12-29/h1-6,9-12,15-20,23-25,34-37,49-50H,7-8,13-14,21-22,42-43H2,(H,45,47)(H,46,48)/t34-,35-,36+,37+/m0/s1. The number of rotatable bonds is 11. The van der Waals surface area contributed by atoms with Crippen LogP contribution in [-0.2, 0) is 9.59 Å². The van der Waals surface area contributed by atoms with Crippen LogP contribution in [0, 0.1) is 0 Å². The van der Waals surface area contributed by atoms with Crippen molar-refractivity contribution in [3.63, 3.8) is 0 Å². The third-order valence-electron chi connectivity index (χ3n) is 10.8. The second-order valence-corrected chi connectivity index (χ2v) is 14.0. The molecular weight excluding hydrogens is 672 g/mol. The van der Waals surface area contributed by atoms with Gasteiger partial charge in [0, 0.05) is 30.4 Å². The molecule has 2 amide bonds. The Balaban J connectivity index is 0.924. The van der Waals surface area contributed by atoms with Crippen molar-refractivity contribution in [3.05, 3.63) is 138 Å². The number of amides is 2. The number of imidazole rings is 2. The SMILES string of the molecule is BN[C@@H](C(=O)N1CCC[C@H]1c1ncc(-c2ccc(-c3ccc(-c4cnc([C@@H]5CCCN5C(=O)[C@H](NB)c5ccccc5)[nH]4)cn3)cc2)[nH]1)c1ccccc1.